The lowest BCUT2D eigenvalue weighted by Gasteiger charge is -2.33. The third-order valence-electron chi connectivity index (χ3n) is 8.92. The van der Waals surface area contributed by atoms with E-state index in [2.05, 4.69) is 69.3 Å². The van der Waals surface area contributed by atoms with Crippen molar-refractivity contribution in [3.8, 4) is 12.1 Å². The molecule has 0 aromatic carbocycles. The zero-order chi connectivity index (χ0) is 30.4. The molecule has 42 heavy (non-hydrogen) atoms. The molecule has 0 bridgehead atoms. The molecule has 2 aliphatic rings. The number of rotatable bonds is 4. The summed E-state index contributed by atoms with van der Waals surface area (Å²) in [5.41, 5.74) is 4.05. The largest absolute Gasteiger partial charge is 0.312 e. The number of pyridine rings is 1. The average Bonchev–Trinajstić information content (AvgIpc) is 3.47. The van der Waals surface area contributed by atoms with Gasteiger partial charge in [-0.05, 0) is 84.5 Å². The van der Waals surface area contributed by atoms with Crippen molar-refractivity contribution >= 4 is 44.5 Å². The number of aromatic nitrogens is 1. The highest BCUT2D eigenvalue weighted by atomic mass is 32.1. The lowest BCUT2D eigenvalue weighted by atomic mass is 9.72. The molecule has 5 rings (SSSR count). The number of nitrogens with one attached hydrogen (secondary N) is 2. The van der Waals surface area contributed by atoms with Gasteiger partial charge in [-0.1, -0.05) is 41.5 Å². The van der Waals surface area contributed by atoms with Crippen molar-refractivity contribution in [3.05, 3.63) is 61.6 Å². The van der Waals surface area contributed by atoms with Crippen molar-refractivity contribution < 1.29 is 9.59 Å². The monoisotopic (exact) mass is 599 g/mol. The smallest absolute Gasteiger partial charge is 0.274 e. The fraction of sp³-hybridized carbons (Fsp3) is 0.485. The first-order chi connectivity index (χ1) is 19.8. The van der Waals surface area contributed by atoms with Gasteiger partial charge in [-0.2, -0.15) is 10.5 Å². The molecule has 2 atom stereocenters. The Morgan fingerprint density at radius 1 is 0.810 bits per heavy atom. The van der Waals surface area contributed by atoms with Crippen LogP contribution in [0, 0.1) is 45.3 Å². The highest BCUT2D eigenvalue weighted by Crippen LogP contribution is 2.45. The number of fused-ring (bicyclic) bond motifs is 2. The maximum Gasteiger partial charge on any atom is 0.274 e. The topological polar surface area (TPSA) is 119 Å². The van der Waals surface area contributed by atoms with Gasteiger partial charge >= 0.3 is 0 Å². The predicted molar refractivity (Wildman–Crippen MR) is 168 cm³/mol. The Morgan fingerprint density at radius 2 is 1.29 bits per heavy atom. The van der Waals surface area contributed by atoms with E-state index in [4.69, 9.17) is 0 Å². The molecule has 0 saturated heterocycles. The number of amides is 2. The molecule has 0 radical (unpaired) electrons. The summed E-state index contributed by atoms with van der Waals surface area (Å²) in [7, 11) is 0. The molecule has 2 amide bonds. The highest BCUT2D eigenvalue weighted by molar-refractivity contribution is 7.17. The van der Waals surface area contributed by atoms with Crippen LogP contribution in [0.2, 0.25) is 0 Å². The Morgan fingerprint density at radius 3 is 1.69 bits per heavy atom. The van der Waals surface area contributed by atoms with Crippen LogP contribution < -0.4 is 10.6 Å². The van der Waals surface area contributed by atoms with Crippen LogP contribution in [0.5, 0.6) is 0 Å². The molecule has 9 heteroatoms. The average molecular weight is 600 g/mol. The van der Waals surface area contributed by atoms with Gasteiger partial charge < -0.3 is 10.6 Å². The summed E-state index contributed by atoms with van der Waals surface area (Å²) in [6.07, 6.45) is 6.94. The van der Waals surface area contributed by atoms with Crippen molar-refractivity contribution in [1.29, 1.82) is 10.5 Å². The molecule has 2 aliphatic carbocycles. The van der Waals surface area contributed by atoms with E-state index in [-0.39, 0.29) is 22.4 Å². The molecule has 0 spiro atoms. The first-order valence-electron chi connectivity index (χ1n) is 14.5. The minimum atomic E-state index is -0.421. The fourth-order valence-electron chi connectivity index (χ4n) is 6.07. The number of carbonyl (C=O) groups is 2. The van der Waals surface area contributed by atoms with E-state index >= 15 is 0 Å². The number of hydrogen-bond donors (Lipinski definition) is 2. The Hall–Kier alpha value is -3.53. The third kappa shape index (κ3) is 5.86. The van der Waals surface area contributed by atoms with Gasteiger partial charge in [0.25, 0.3) is 11.8 Å². The fourth-order valence-corrected chi connectivity index (χ4v) is 8.61. The van der Waals surface area contributed by atoms with Gasteiger partial charge in [0, 0.05) is 16.0 Å². The zero-order valence-electron chi connectivity index (χ0n) is 25.1. The minimum absolute atomic E-state index is 0.159. The number of nitrogens with zero attached hydrogens (tertiary/aromatic N) is 3. The van der Waals surface area contributed by atoms with Crippen molar-refractivity contribution in [2.24, 2.45) is 22.7 Å². The molecule has 0 unspecified atom stereocenters. The van der Waals surface area contributed by atoms with Gasteiger partial charge in [0.15, 0.2) is 0 Å². The van der Waals surface area contributed by atoms with Gasteiger partial charge in [-0.25, -0.2) is 0 Å². The van der Waals surface area contributed by atoms with Crippen LogP contribution in [-0.2, 0) is 25.7 Å². The number of carbonyl (C=O) groups excluding carboxylic acids is 2. The van der Waals surface area contributed by atoms with E-state index in [1.807, 2.05) is 0 Å². The Balaban J connectivity index is 1.28. The minimum Gasteiger partial charge on any atom is -0.312 e. The maximum absolute atomic E-state index is 13.1. The van der Waals surface area contributed by atoms with Crippen molar-refractivity contribution in [1.82, 2.24) is 4.98 Å². The van der Waals surface area contributed by atoms with Crippen LogP contribution in [0.4, 0.5) is 10.0 Å². The van der Waals surface area contributed by atoms with E-state index < -0.39 is 5.91 Å². The van der Waals surface area contributed by atoms with Crippen LogP contribution in [0.25, 0.3) is 0 Å². The molecular weight excluding hydrogens is 563 g/mol. The van der Waals surface area contributed by atoms with Crippen LogP contribution >= 0.6 is 22.7 Å². The molecular formula is C33H37N5O2S2. The summed E-state index contributed by atoms with van der Waals surface area (Å²) in [4.78, 5) is 32.8. The summed E-state index contributed by atoms with van der Waals surface area (Å²) >= 11 is 2.97. The van der Waals surface area contributed by atoms with Gasteiger partial charge in [-0.3, -0.25) is 14.6 Å². The maximum atomic E-state index is 13.1. The van der Waals surface area contributed by atoms with Crippen LogP contribution in [-0.4, -0.2) is 16.8 Å². The number of hydrogen-bond acceptors (Lipinski definition) is 7. The second-order valence-corrected chi connectivity index (χ2v) is 15.8. The number of anilines is 2. The number of thiophene rings is 2. The van der Waals surface area contributed by atoms with E-state index in [1.165, 1.54) is 44.7 Å². The van der Waals surface area contributed by atoms with Crippen LogP contribution in [0.3, 0.4) is 0 Å². The molecule has 2 N–H and O–H groups in total. The first-order valence-corrected chi connectivity index (χ1v) is 16.1. The molecule has 0 aliphatic heterocycles. The molecule has 7 nitrogen and oxygen atoms in total. The van der Waals surface area contributed by atoms with Gasteiger partial charge in [0.1, 0.15) is 27.8 Å². The SMILES string of the molecule is CC(C)(C)[C@H]1CCc2c(sc(NC(=O)c3ccc(C(=O)Nc4sc5c(c4C#N)CC[C@H](C(C)(C)C)C5)nc3)c2C#N)C1. The van der Waals surface area contributed by atoms with Crippen molar-refractivity contribution in [2.75, 3.05) is 10.6 Å². The van der Waals surface area contributed by atoms with Gasteiger partial charge in [-0.15, -0.1) is 22.7 Å². The number of nitriles is 2. The molecule has 0 fully saturated rings. The van der Waals surface area contributed by atoms with Gasteiger partial charge in [0.05, 0.1) is 16.7 Å². The Labute approximate surface area is 256 Å². The summed E-state index contributed by atoms with van der Waals surface area (Å²) in [6.45, 7) is 13.5. The Kier molecular flexibility index (Phi) is 8.04. The second-order valence-electron chi connectivity index (χ2n) is 13.6. The Bertz CT molecular complexity index is 1500. The molecule has 218 valence electrons. The zero-order valence-corrected chi connectivity index (χ0v) is 26.7. The lowest BCUT2D eigenvalue weighted by molar-refractivity contribution is 0.101. The molecule has 0 saturated carbocycles. The molecule has 3 aromatic rings. The van der Waals surface area contributed by atoms with Crippen molar-refractivity contribution in [2.45, 2.75) is 80.1 Å². The summed E-state index contributed by atoms with van der Waals surface area (Å²) < 4.78 is 0. The second kappa shape index (κ2) is 11.3. The standard InChI is InChI=1S/C33H37N5O2S2/c1-32(2,3)19-8-10-21-23(15-34)30(41-26(21)13-19)37-28(39)18-7-12-25(36-17-18)29(40)38-31-24(16-35)22-11-9-20(33(4,5)6)14-27(22)42-31/h7,12,17,19-20H,8-11,13-14H2,1-6H3,(H,37,39)(H,38,40)/t19-,20-/m0/s1. The van der Waals surface area contributed by atoms with Crippen LogP contribution in [0.1, 0.15) is 107 Å². The van der Waals surface area contributed by atoms with E-state index in [0.717, 1.165) is 49.7 Å². The lowest BCUT2D eigenvalue weighted by Crippen LogP contribution is -2.26. The summed E-state index contributed by atoms with van der Waals surface area (Å²) in [6, 6.07) is 7.67. The first kappa shape index (κ1) is 29.9. The third-order valence-corrected chi connectivity index (χ3v) is 11.3. The van der Waals surface area contributed by atoms with Gasteiger partial charge in [0.2, 0.25) is 0 Å². The predicted octanol–water partition coefficient (Wildman–Crippen LogP) is 7.75. The summed E-state index contributed by atoms with van der Waals surface area (Å²) in [5.74, 6) is 0.271. The van der Waals surface area contributed by atoms with Crippen molar-refractivity contribution in [3.63, 3.8) is 0 Å². The van der Waals surface area contributed by atoms with E-state index in [0.29, 0.717) is 38.5 Å². The normalized spacial score (nSPS) is 18.3. The van der Waals surface area contributed by atoms with Crippen LogP contribution in [0.15, 0.2) is 18.3 Å². The molecule has 3 aromatic heterocycles. The quantitative estimate of drug-likeness (QED) is 0.318. The molecule has 3 heterocycles. The highest BCUT2D eigenvalue weighted by Gasteiger charge is 2.34. The van der Waals surface area contributed by atoms with E-state index in [1.54, 1.807) is 6.07 Å². The summed E-state index contributed by atoms with van der Waals surface area (Å²) in [5, 5.41) is 26.7. The van der Waals surface area contributed by atoms with E-state index in [9.17, 15) is 20.1 Å².